The summed E-state index contributed by atoms with van der Waals surface area (Å²) in [6.07, 6.45) is 4.30. The minimum Gasteiger partial charge on any atom is -0.496 e. The highest BCUT2D eigenvalue weighted by molar-refractivity contribution is 8.00. The zero-order valence-electron chi connectivity index (χ0n) is 13.1. The van der Waals surface area contributed by atoms with Crippen LogP contribution in [0.2, 0.25) is 0 Å². The topological polar surface area (TPSA) is 64.4 Å². The van der Waals surface area contributed by atoms with Crippen LogP contribution in [0.1, 0.15) is 32.3 Å². The molecular formula is C15H24N2O3S. The molecule has 1 N–H and O–H groups in total. The lowest BCUT2D eigenvalue weighted by molar-refractivity contribution is -0.384. The van der Waals surface area contributed by atoms with Gasteiger partial charge < -0.3 is 10.1 Å². The van der Waals surface area contributed by atoms with Gasteiger partial charge in [0.2, 0.25) is 0 Å². The Morgan fingerprint density at radius 3 is 2.52 bits per heavy atom. The van der Waals surface area contributed by atoms with E-state index in [9.17, 15) is 10.1 Å². The first-order chi connectivity index (χ1) is 10.0. The molecule has 0 saturated carbocycles. The number of benzene rings is 1. The predicted octanol–water partition coefficient (Wildman–Crippen LogP) is 3.61. The molecule has 0 spiro atoms. The Kier molecular flexibility index (Phi) is 6.98. The van der Waals surface area contributed by atoms with Crippen molar-refractivity contribution in [2.75, 3.05) is 19.9 Å². The molecule has 5 nitrogen and oxygen atoms in total. The maximum atomic E-state index is 10.9. The quantitative estimate of drug-likeness (QED) is 0.557. The highest BCUT2D eigenvalue weighted by atomic mass is 32.2. The SMILES string of the molecule is CCC(CC)(CNCc1cc([N+](=O)[O-])ccc1OC)SC. The Balaban J connectivity index is 2.78. The van der Waals surface area contributed by atoms with E-state index in [4.69, 9.17) is 4.74 Å². The number of rotatable bonds is 9. The fourth-order valence-electron chi connectivity index (χ4n) is 2.30. The maximum Gasteiger partial charge on any atom is 0.270 e. The van der Waals surface area contributed by atoms with Crippen molar-refractivity contribution in [3.8, 4) is 5.75 Å². The summed E-state index contributed by atoms with van der Waals surface area (Å²) in [4.78, 5) is 10.5. The first-order valence-electron chi connectivity index (χ1n) is 7.09. The van der Waals surface area contributed by atoms with Gasteiger partial charge in [-0.2, -0.15) is 11.8 Å². The van der Waals surface area contributed by atoms with E-state index >= 15 is 0 Å². The molecule has 0 aromatic heterocycles. The summed E-state index contributed by atoms with van der Waals surface area (Å²) >= 11 is 1.87. The van der Waals surface area contributed by atoms with Crippen LogP contribution >= 0.6 is 11.8 Å². The standard InChI is InChI=1S/C15H24N2O3S/c1-5-15(6-2,21-4)11-16-10-12-9-13(17(18)19)7-8-14(12)20-3/h7-9,16H,5-6,10-11H2,1-4H3. The summed E-state index contributed by atoms with van der Waals surface area (Å²) in [5.41, 5.74) is 0.906. The normalized spacial score (nSPS) is 11.4. The van der Waals surface area contributed by atoms with E-state index in [1.165, 1.54) is 6.07 Å². The van der Waals surface area contributed by atoms with Crippen molar-refractivity contribution in [2.24, 2.45) is 0 Å². The van der Waals surface area contributed by atoms with E-state index < -0.39 is 0 Å². The molecule has 1 aromatic carbocycles. The maximum absolute atomic E-state index is 10.9. The average molecular weight is 312 g/mol. The van der Waals surface area contributed by atoms with Crippen LogP contribution in [0.5, 0.6) is 5.75 Å². The highest BCUT2D eigenvalue weighted by Gasteiger charge is 2.24. The van der Waals surface area contributed by atoms with Crippen LogP contribution in [0.3, 0.4) is 0 Å². The molecule has 0 atom stereocenters. The molecule has 0 radical (unpaired) electrons. The van der Waals surface area contributed by atoms with Crippen molar-refractivity contribution in [1.29, 1.82) is 0 Å². The zero-order valence-corrected chi connectivity index (χ0v) is 14.0. The summed E-state index contributed by atoms with van der Waals surface area (Å²) in [5, 5.41) is 14.3. The Bertz CT molecular complexity index is 468. The number of nitrogens with zero attached hydrogens (tertiary/aromatic N) is 1. The molecule has 0 amide bonds. The number of ether oxygens (including phenoxy) is 1. The van der Waals surface area contributed by atoms with Crippen molar-refractivity contribution < 1.29 is 9.66 Å². The molecule has 1 rings (SSSR count). The van der Waals surface area contributed by atoms with E-state index in [0.29, 0.717) is 12.3 Å². The van der Waals surface area contributed by atoms with Crippen LogP contribution < -0.4 is 10.1 Å². The van der Waals surface area contributed by atoms with Crippen molar-refractivity contribution in [3.63, 3.8) is 0 Å². The number of non-ortho nitro benzene ring substituents is 1. The van der Waals surface area contributed by atoms with Crippen LogP contribution in [0.25, 0.3) is 0 Å². The van der Waals surface area contributed by atoms with Gasteiger partial charge in [-0.1, -0.05) is 13.8 Å². The molecule has 0 aliphatic carbocycles. The second kappa shape index (κ2) is 8.24. The monoisotopic (exact) mass is 312 g/mol. The molecule has 0 fully saturated rings. The van der Waals surface area contributed by atoms with E-state index in [1.807, 2.05) is 11.8 Å². The van der Waals surface area contributed by atoms with Crippen LogP contribution in [-0.4, -0.2) is 29.6 Å². The van der Waals surface area contributed by atoms with Crippen molar-refractivity contribution in [3.05, 3.63) is 33.9 Å². The second-order valence-electron chi connectivity index (χ2n) is 4.95. The van der Waals surface area contributed by atoms with Crippen LogP contribution in [0, 0.1) is 10.1 Å². The highest BCUT2D eigenvalue weighted by Crippen LogP contribution is 2.30. The largest absolute Gasteiger partial charge is 0.496 e. The lowest BCUT2D eigenvalue weighted by Crippen LogP contribution is -2.36. The third kappa shape index (κ3) is 4.61. The Morgan fingerprint density at radius 1 is 1.38 bits per heavy atom. The zero-order chi connectivity index (χ0) is 15.9. The molecule has 21 heavy (non-hydrogen) atoms. The molecule has 0 saturated heterocycles. The van der Waals surface area contributed by atoms with Crippen LogP contribution in [0.15, 0.2) is 18.2 Å². The molecule has 1 aromatic rings. The predicted molar refractivity (Wildman–Crippen MR) is 88.2 cm³/mol. The smallest absolute Gasteiger partial charge is 0.270 e. The van der Waals surface area contributed by atoms with Gasteiger partial charge in [0.25, 0.3) is 5.69 Å². The number of nitro benzene ring substituents is 1. The third-order valence-corrected chi connectivity index (χ3v) is 5.55. The molecule has 0 heterocycles. The Morgan fingerprint density at radius 2 is 2.05 bits per heavy atom. The summed E-state index contributed by atoms with van der Waals surface area (Å²) in [6, 6.07) is 4.69. The number of thioether (sulfide) groups is 1. The molecule has 0 bridgehead atoms. The summed E-state index contributed by atoms with van der Waals surface area (Å²) in [6.45, 7) is 5.81. The first-order valence-corrected chi connectivity index (χ1v) is 8.31. The van der Waals surface area contributed by atoms with Crippen LogP contribution in [0.4, 0.5) is 5.69 Å². The average Bonchev–Trinajstić information content (AvgIpc) is 2.51. The fourth-order valence-corrected chi connectivity index (χ4v) is 3.13. The van der Waals surface area contributed by atoms with Gasteiger partial charge in [0.15, 0.2) is 0 Å². The van der Waals surface area contributed by atoms with Gasteiger partial charge in [-0.3, -0.25) is 10.1 Å². The van der Waals surface area contributed by atoms with Crippen LogP contribution in [-0.2, 0) is 6.54 Å². The summed E-state index contributed by atoms with van der Waals surface area (Å²) < 4.78 is 5.49. The molecule has 0 aliphatic heterocycles. The van der Waals surface area contributed by atoms with Crippen molar-refractivity contribution in [2.45, 2.75) is 38.0 Å². The Hall–Kier alpha value is -1.27. The van der Waals surface area contributed by atoms with Crippen molar-refractivity contribution >= 4 is 17.4 Å². The van der Waals surface area contributed by atoms with E-state index in [1.54, 1.807) is 19.2 Å². The summed E-state index contributed by atoms with van der Waals surface area (Å²) in [5.74, 6) is 0.677. The minimum atomic E-state index is -0.382. The van der Waals surface area contributed by atoms with Gasteiger partial charge in [-0.15, -0.1) is 0 Å². The number of hydrogen-bond acceptors (Lipinski definition) is 5. The van der Waals surface area contributed by atoms with E-state index in [2.05, 4.69) is 25.4 Å². The number of methoxy groups -OCH3 is 1. The third-order valence-electron chi connectivity index (χ3n) is 3.96. The lowest BCUT2D eigenvalue weighted by atomic mass is 10.0. The van der Waals surface area contributed by atoms with Gasteiger partial charge in [0, 0.05) is 35.5 Å². The molecule has 118 valence electrons. The fraction of sp³-hybridized carbons (Fsp3) is 0.600. The lowest BCUT2D eigenvalue weighted by Gasteiger charge is -2.30. The number of nitro groups is 1. The molecule has 0 unspecified atom stereocenters. The number of hydrogen-bond donors (Lipinski definition) is 1. The second-order valence-corrected chi connectivity index (χ2v) is 6.23. The van der Waals surface area contributed by atoms with E-state index in [-0.39, 0.29) is 15.4 Å². The summed E-state index contributed by atoms with van der Waals surface area (Å²) in [7, 11) is 1.58. The van der Waals surface area contributed by atoms with Gasteiger partial charge in [0.1, 0.15) is 5.75 Å². The van der Waals surface area contributed by atoms with Gasteiger partial charge in [0.05, 0.1) is 12.0 Å². The first kappa shape index (κ1) is 17.8. The van der Waals surface area contributed by atoms with E-state index in [0.717, 1.165) is 24.9 Å². The number of nitrogens with one attached hydrogen (secondary N) is 1. The van der Waals surface area contributed by atoms with Gasteiger partial charge in [-0.25, -0.2) is 0 Å². The Labute approximate surface area is 130 Å². The van der Waals surface area contributed by atoms with Crippen molar-refractivity contribution in [1.82, 2.24) is 5.32 Å². The molecule has 6 heteroatoms. The molecular weight excluding hydrogens is 288 g/mol. The van der Waals surface area contributed by atoms with Gasteiger partial charge in [-0.05, 0) is 25.2 Å². The molecule has 0 aliphatic rings. The minimum absolute atomic E-state index is 0.0923. The van der Waals surface area contributed by atoms with Gasteiger partial charge >= 0.3 is 0 Å².